The van der Waals surface area contributed by atoms with Crippen LogP contribution in [0.15, 0.2) is 22.8 Å². The van der Waals surface area contributed by atoms with E-state index >= 15 is 0 Å². The molecule has 0 amide bonds. The zero-order valence-electron chi connectivity index (χ0n) is 8.94. The lowest BCUT2D eigenvalue weighted by Crippen LogP contribution is -1.98. The first-order chi connectivity index (χ1) is 7.20. The highest BCUT2D eigenvalue weighted by molar-refractivity contribution is 9.10. The molecular formula is C11H14BrN3. The molecule has 0 aliphatic carbocycles. The fourth-order valence-corrected chi connectivity index (χ4v) is 1.87. The summed E-state index contributed by atoms with van der Waals surface area (Å²) in [5.74, 6) is 0.661. The average molecular weight is 268 g/mol. The van der Waals surface area contributed by atoms with Crippen molar-refractivity contribution in [1.82, 2.24) is 14.8 Å². The molecule has 0 aromatic carbocycles. The van der Waals surface area contributed by atoms with Gasteiger partial charge in [0.15, 0.2) is 0 Å². The van der Waals surface area contributed by atoms with Crippen molar-refractivity contribution < 1.29 is 0 Å². The van der Waals surface area contributed by atoms with Crippen LogP contribution in [0.25, 0.3) is 5.52 Å². The molecule has 2 rings (SSSR count). The molecule has 3 nitrogen and oxygen atoms in total. The Kier molecular flexibility index (Phi) is 3.05. The number of nitrogens with zero attached hydrogens (tertiary/aromatic N) is 3. The van der Waals surface area contributed by atoms with Crippen LogP contribution >= 0.6 is 15.9 Å². The first-order valence-corrected chi connectivity index (χ1v) is 5.99. The van der Waals surface area contributed by atoms with Gasteiger partial charge in [0.05, 0.1) is 11.2 Å². The van der Waals surface area contributed by atoms with Crippen LogP contribution in [0.4, 0.5) is 0 Å². The minimum absolute atomic E-state index is 0.661. The fourth-order valence-electron chi connectivity index (χ4n) is 1.54. The van der Waals surface area contributed by atoms with E-state index in [0.29, 0.717) is 5.92 Å². The molecular weight excluding hydrogens is 254 g/mol. The predicted molar refractivity (Wildman–Crippen MR) is 63.8 cm³/mol. The monoisotopic (exact) mass is 267 g/mol. The molecule has 2 heterocycles. The highest BCUT2D eigenvalue weighted by Crippen LogP contribution is 2.17. The first kappa shape index (κ1) is 10.6. The summed E-state index contributed by atoms with van der Waals surface area (Å²) >= 11 is 3.42. The summed E-state index contributed by atoms with van der Waals surface area (Å²) in [4.78, 5) is 0. The van der Waals surface area contributed by atoms with Crippen molar-refractivity contribution in [3.63, 3.8) is 0 Å². The van der Waals surface area contributed by atoms with E-state index in [4.69, 9.17) is 0 Å². The van der Waals surface area contributed by atoms with Gasteiger partial charge in [-0.15, -0.1) is 5.10 Å². The van der Waals surface area contributed by atoms with Crippen LogP contribution in [0, 0.1) is 5.92 Å². The second-order valence-corrected chi connectivity index (χ2v) is 4.85. The Morgan fingerprint density at radius 2 is 2.27 bits per heavy atom. The van der Waals surface area contributed by atoms with Crippen molar-refractivity contribution in [2.45, 2.75) is 26.7 Å². The molecule has 0 aliphatic rings. The molecule has 0 fully saturated rings. The second kappa shape index (κ2) is 4.31. The van der Waals surface area contributed by atoms with E-state index in [-0.39, 0.29) is 0 Å². The average Bonchev–Trinajstić information content (AvgIpc) is 2.60. The zero-order valence-corrected chi connectivity index (χ0v) is 10.5. The van der Waals surface area contributed by atoms with E-state index < -0.39 is 0 Å². The molecule has 2 aromatic rings. The van der Waals surface area contributed by atoms with Gasteiger partial charge in [0.2, 0.25) is 0 Å². The molecule has 0 spiro atoms. The number of pyridine rings is 1. The third-order valence-corrected chi connectivity index (χ3v) is 3.16. The number of hydrogen-bond acceptors (Lipinski definition) is 2. The van der Waals surface area contributed by atoms with Crippen LogP contribution in [-0.2, 0) is 6.42 Å². The van der Waals surface area contributed by atoms with E-state index in [1.165, 1.54) is 6.42 Å². The van der Waals surface area contributed by atoms with Gasteiger partial charge in [-0.2, -0.15) is 0 Å². The number of fused-ring (bicyclic) bond motifs is 1. The van der Waals surface area contributed by atoms with Crippen LogP contribution in [-0.4, -0.2) is 14.8 Å². The lowest BCUT2D eigenvalue weighted by molar-refractivity contribution is 0.553. The third-order valence-electron chi connectivity index (χ3n) is 2.69. The molecule has 15 heavy (non-hydrogen) atoms. The summed E-state index contributed by atoms with van der Waals surface area (Å²) in [6, 6.07) is 4.08. The molecule has 80 valence electrons. The molecule has 0 bridgehead atoms. The van der Waals surface area contributed by atoms with E-state index in [1.54, 1.807) is 0 Å². The Hall–Kier alpha value is -0.900. The lowest BCUT2D eigenvalue weighted by atomic mass is 10.0. The Balaban J connectivity index is 2.36. The van der Waals surface area contributed by atoms with Crippen molar-refractivity contribution in [3.8, 4) is 0 Å². The van der Waals surface area contributed by atoms with Crippen LogP contribution in [0.3, 0.4) is 0 Å². The lowest BCUT2D eigenvalue weighted by Gasteiger charge is -2.04. The predicted octanol–water partition coefficient (Wildman–Crippen LogP) is 3.08. The highest BCUT2D eigenvalue weighted by atomic mass is 79.9. The quantitative estimate of drug-likeness (QED) is 0.856. The summed E-state index contributed by atoms with van der Waals surface area (Å²) in [6.45, 7) is 4.44. The topological polar surface area (TPSA) is 30.2 Å². The number of rotatable bonds is 3. The SMILES string of the molecule is CCC(C)Cc1nnn2cc(Br)ccc12. The maximum atomic E-state index is 4.22. The summed E-state index contributed by atoms with van der Waals surface area (Å²) in [5, 5.41) is 8.32. The molecule has 1 atom stereocenters. The Bertz CT molecular complexity index is 464. The molecule has 0 radical (unpaired) electrons. The minimum Gasteiger partial charge on any atom is -0.219 e. The normalized spacial score (nSPS) is 13.3. The molecule has 1 unspecified atom stereocenters. The number of aromatic nitrogens is 3. The van der Waals surface area contributed by atoms with Gasteiger partial charge in [-0.25, -0.2) is 4.52 Å². The van der Waals surface area contributed by atoms with Gasteiger partial charge in [0.1, 0.15) is 0 Å². The van der Waals surface area contributed by atoms with Gasteiger partial charge >= 0.3 is 0 Å². The standard InChI is InChI=1S/C11H14BrN3/c1-3-8(2)6-10-11-5-4-9(12)7-15(11)14-13-10/h4-5,7-8H,3,6H2,1-2H3. The number of halogens is 1. The van der Waals surface area contributed by atoms with Crippen LogP contribution in [0.1, 0.15) is 26.0 Å². The molecule has 0 saturated heterocycles. The van der Waals surface area contributed by atoms with Crippen LogP contribution in [0.5, 0.6) is 0 Å². The van der Waals surface area contributed by atoms with Gasteiger partial charge in [0.25, 0.3) is 0 Å². The molecule has 0 saturated carbocycles. The summed E-state index contributed by atoms with van der Waals surface area (Å²) < 4.78 is 2.84. The smallest absolute Gasteiger partial charge is 0.0907 e. The maximum absolute atomic E-state index is 4.22. The van der Waals surface area contributed by atoms with Crippen molar-refractivity contribution in [3.05, 3.63) is 28.5 Å². The molecule has 0 N–H and O–H groups in total. The number of hydrogen-bond donors (Lipinski definition) is 0. The molecule has 4 heteroatoms. The van der Waals surface area contributed by atoms with Crippen molar-refractivity contribution >= 4 is 21.4 Å². The van der Waals surface area contributed by atoms with Gasteiger partial charge < -0.3 is 0 Å². The molecule has 2 aromatic heterocycles. The highest BCUT2D eigenvalue weighted by Gasteiger charge is 2.09. The summed E-state index contributed by atoms with van der Waals surface area (Å²) in [6.07, 6.45) is 4.11. The van der Waals surface area contributed by atoms with E-state index in [0.717, 1.165) is 22.1 Å². The van der Waals surface area contributed by atoms with Gasteiger partial charge in [-0.3, -0.25) is 0 Å². The van der Waals surface area contributed by atoms with Crippen LogP contribution in [0.2, 0.25) is 0 Å². The van der Waals surface area contributed by atoms with Crippen molar-refractivity contribution in [2.75, 3.05) is 0 Å². The zero-order chi connectivity index (χ0) is 10.8. The fraction of sp³-hybridized carbons (Fsp3) is 0.455. The van der Waals surface area contributed by atoms with Gasteiger partial charge in [0, 0.05) is 10.7 Å². The Labute approximate surface area is 97.6 Å². The van der Waals surface area contributed by atoms with E-state index in [1.807, 2.05) is 16.8 Å². The van der Waals surface area contributed by atoms with Crippen molar-refractivity contribution in [2.24, 2.45) is 5.92 Å². The Morgan fingerprint density at radius 1 is 1.47 bits per heavy atom. The van der Waals surface area contributed by atoms with Gasteiger partial charge in [-0.05, 0) is 40.4 Å². The third kappa shape index (κ3) is 2.20. The van der Waals surface area contributed by atoms with E-state index in [9.17, 15) is 0 Å². The minimum atomic E-state index is 0.661. The largest absolute Gasteiger partial charge is 0.219 e. The van der Waals surface area contributed by atoms with E-state index in [2.05, 4.69) is 46.2 Å². The van der Waals surface area contributed by atoms with Crippen molar-refractivity contribution in [1.29, 1.82) is 0 Å². The molecule has 0 aliphatic heterocycles. The van der Waals surface area contributed by atoms with Gasteiger partial charge in [-0.1, -0.05) is 25.5 Å². The maximum Gasteiger partial charge on any atom is 0.0907 e. The summed E-state index contributed by atoms with van der Waals surface area (Å²) in [7, 11) is 0. The summed E-state index contributed by atoms with van der Waals surface area (Å²) in [5.41, 5.74) is 2.20. The Morgan fingerprint density at radius 3 is 3.00 bits per heavy atom. The second-order valence-electron chi connectivity index (χ2n) is 3.93. The first-order valence-electron chi connectivity index (χ1n) is 5.20. The van der Waals surface area contributed by atoms with Crippen LogP contribution < -0.4 is 0 Å².